The number of amides is 2. The molecule has 5 rings (SSSR count). The monoisotopic (exact) mass is 522 g/mol. The van der Waals surface area contributed by atoms with Crippen LogP contribution in [0, 0.1) is 6.92 Å². The van der Waals surface area contributed by atoms with Crippen molar-refractivity contribution in [3.63, 3.8) is 0 Å². The summed E-state index contributed by atoms with van der Waals surface area (Å²) in [5.41, 5.74) is 5.63. The fourth-order valence-electron chi connectivity index (χ4n) is 5.20. The smallest absolute Gasteiger partial charge is 0.289 e. The van der Waals surface area contributed by atoms with Gasteiger partial charge in [-0.05, 0) is 59.9 Å². The van der Waals surface area contributed by atoms with E-state index in [-0.39, 0.29) is 30.2 Å². The Morgan fingerprint density at radius 3 is 2.59 bits per heavy atom. The summed E-state index contributed by atoms with van der Waals surface area (Å²) >= 11 is 0. The fraction of sp³-hybridized carbons (Fsp3) is 0.273. The van der Waals surface area contributed by atoms with Crippen LogP contribution in [0.2, 0.25) is 0 Å². The van der Waals surface area contributed by atoms with Gasteiger partial charge < -0.3 is 19.0 Å². The highest BCUT2D eigenvalue weighted by molar-refractivity contribution is 5.91. The van der Waals surface area contributed by atoms with Gasteiger partial charge in [-0.15, -0.1) is 0 Å². The number of rotatable bonds is 8. The van der Waals surface area contributed by atoms with Crippen LogP contribution in [0.5, 0.6) is 5.75 Å². The maximum atomic E-state index is 12.9. The summed E-state index contributed by atoms with van der Waals surface area (Å²) < 4.78 is 12.0. The Labute approximate surface area is 229 Å². The lowest BCUT2D eigenvalue weighted by Crippen LogP contribution is -2.40. The molecular weight excluding hydrogens is 488 g/mol. The first-order valence-corrected chi connectivity index (χ1v) is 13.4. The van der Waals surface area contributed by atoms with Gasteiger partial charge in [0, 0.05) is 26.6 Å². The van der Waals surface area contributed by atoms with Crippen LogP contribution >= 0.6 is 0 Å². The second kappa shape index (κ2) is 11.6. The molecule has 0 fully saturated rings. The molecule has 0 saturated carbocycles. The Balaban J connectivity index is 1.31. The molecule has 4 aromatic rings. The molecule has 2 heterocycles. The van der Waals surface area contributed by atoms with Gasteiger partial charge in [-0.25, -0.2) is 0 Å². The molecular formula is C33H34N2O4. The maximum absolute atomic E-state index is 12.9. The molecule has 1 atom stereocenters. The van der Waals surface area contributed by atoms with Crippen molar-refractivity contribution in [2.24, 2.45) is 0 Å². The van der Waals surface area contributed by atoms with Crippen LogP contribution in [-0.2, 0) is 24.4 Å². The molecule has 6 nitrogen and oxygen atoms in total. The zero-order valence-electron chi connectivity index (χ0n) is 22.7. The van der Waals surface area contributed by atoms with Crippen LogP contribution in [-0.4, -0.2) is 35.2 Å². The number of hydrogen-bond donors (Lipinski definition) is 0. The minimum Gasteiger partial charge on any atom is -0.486 e. The molecule has 1 unspecified atom stereocenters. The number of fused-ring (bicyclic) bond motifs is 1. The number of nitrogens with zero attached hydrogens (tertiary/aromatic N) is 2. The molecule has 1 aromatic heterocycles. The number of hydrogen-bond acceptors (Lipinski definition) is 4. The number of carbonyl (C=O) groups is 2. The van der Waals surface area contributed by atoms with Crippen molar-refractivity contribution >= 4 is 11.8 Å². The largest absolute Gasteiger partial charge is 0.486 e. The highest BCUT2D eigenvalue weighted by Crippen LogP contribution is 2.38. The summed E-state index contributed by atoms with van der Waals surface area (Å²) in [4.78, 5) is 29.4. The quantitative estimate of drug-likeness (QED) is 0.272. The summed E-state index contributed by atoms with van der Waals surface area (Å²) in [5, 5.41) is 0. The molecule has 0 N–H and O–H groups in total. The van der Waals surface area contributed by atoms with Crippen LogP contribution in [0.1, 0.15) is 63.5 Å². The average Bonchev–Trinajstić information content (AvgIpc) is 3.44. The van der Waals surface area contributed by atoms with Crippen molar-refractivity contribution in [2.75, 3.05) is 13.6 Å². The summed E-state index contributed by atoms with van der Waals surface area (Å²) in [6, 6.07) is 27.6. The van der Waals surface area contributed by atoms with E-state index < -0.39 is 0 Å². The van der Waals surface area contributed by atoms with Gasteiger partial charge >= 0.3 is 0 Å². The van der Waals surface area contributed by atoms with Gasteiger partial charge in [0.15, 0.2) is 5.76 Å². The summed E-state index contributed by atoms with van der Waals surface area (Å²) in [6.07, 6.45) is 1.28. The van der Waals surface area contributed by atoms with E-state index in [9.17, 15) is 9.59 Å². The van der Waals surface area contributed by atoms with E-state index in [1.54, 1.807) is 24.1 Å². The van der Waals surface area contributed by atoms with Gasteiger partial charge in [0.05, 0.1) is 6.04 Å². The van der Waals surface area contributed by atoms with Gasteiger partial charge in [-0.1, -0.05) is 73.2 Å². The molecule has 0 saturated heterocycles. The first kappa shape index (κ1) is 26.3. The predicted molar refractivity (Wildman–Crippen MR) is 150 cm³/mol. The van der Waals surface area contributed by atoms with E-state index >= 15 is 0 Å². The number of ether oxygens (including phenoxy) is 1. The fourth-order valence-corrected chi connectivity index (χ4v) is 5.20. The molecule has 0 spiro atoms. The third-order valence-electron chi connectivity index (χ3n) is 7.19. The van der Waals surface area contributed by atoms with Gasteiger partial charge in [-0.3, -0.25) is 9.59 Å². The third-order valence-corrected chi connectivity index (χ3v) is 7.19. The Morgan fingerprint density at radius 2 is 1.82 bits per heavy atom. The molecule has 0 radical (unpaired) electrons. The highest BCUT2D eigenvalue weighted by Gasteiger charge is 2.31. The van der Waals surface area contributed by atoms with Crippen LogP contribution < -0.4 is 4.74 Å². The summed E-state index contributed by atoms with van der Waals surface area (Å²) in [7, 11) is 1.76. The number of furan rings is 1. The van der Waals surface area contributed by atoms with Crippen molar-refractivity contribution in [1.82, 2.24) is 9.80 Å². The zero-order valence-corrected chi connectivity index (χ0v) is 22.7. The third kappa shape index (κ3) is 5.90. The Bertz CT molecular complexity index is 1460. The number of aryl methyl sites for hydroxylation is 1. The average molecular weight is 523 g/mol. The molecule has 6 heteroatoms. The second-order valence-corrected chi connectivity index (χ2v) is 10.1. The van der Waals surface area contributed by atoms with Crippen LogP contribution in [0.25, 0.3) is 0 Å². The van der Waals surface area contributed by atoms with Crippen LogP contribution in [0.3, 0.4) is 0 Å². The van der Waals surface area contributed by atoms with E-state index in [0.29, 0.717) is 31.0 Å². The van der Waals surface area contributed by atoms with E-state index in [0.717, 1.165) is 28.7 Å². The van der Waals surface area contributed by atoms with Crippen LogP contribution in [0.15, 0.2) is 89.3 Å². The highest BCUT2D eigenvalue weighted by atomic mass is 16.5. The topological polar surface area (TPSA) is 63.0 Å². The predicted octanol–water partition coefficient (Wildman–Crippen LogP) is 6.32. The second-order valence-electron chi connectivity index (χ2n) is 10.1. The van der Waals surface area contributed by atoms with E-state index in [1.165, 1.54) is 5.56 Å². The Hall–Kier alpha value is -4.32. The molecule has 0 bridgehead atoms. The normalized spacial score (nSPS) is 14.5. The Morgan fingerprint density at radius 1 is 1.00 bits per heavy atom. The van der Waals surface area contributed by atoms with E-state index in [1.807, 2.05) is 60.4 Å². The molecule has 39 heavy (non-hydrogen) atoms. The SMILES string of the molecule is CCC(=O)N1CCc2ccc(OCc3ccc(C(=O)N(C)Cc4ccccc4)o3)cc2C1c1cccc(C)c1. The van der Waals surface area contributed by atoms with Crippen molar-refractivity contribution in [1.29, 1.82) is 0 Å². The molecule has 200 valence electrons. The number of carbonyl (C=O) groups excluding carboxylic acids is 2. The van der Waals surface area contributed by atoms with Gasteiger partial charge in [-0.2, -0.15) is 0 Å². The first-order chi connectivity index (χ1) is 18.9. The van der Waals surface area contributed by atoms with Gasteiger partial charge in [0.2, 0.25) is 5.91 Å². The lowest BCUT2D eigenvalue weighted by molar-refractivity contribution is -0.132. The van der Waals surface area contributed by atoms with Gasteiger partial charge in [0.1, 0.15) is 18.1 Å². The molecule has 1 aliphatic heterocycles. The van der Waals surface area contributed by atoms with Crippen LogP contribution in [0.4, 0.5) is 0 Å². The standard InChI is InChI=1S/C33H34N2O4/c1-4-31(36)35-18-17-25-13-14-27(20-29(25)32(35)26-12-8-9-23(2)19-26)38-22-28-15-16-30(39-28)33(37)34(3)21-24-10-6-5-7-11-24/h5-16,19-20,32H,4,17-18,21-22H2,1-3H3. The van der Waals surface area contributed by atoms with Gasteiger partial charge in [0.25, 0.3) is 5.91 Å². The molecule has 2 amide bonds. The van der Waals surface area contributed by atoms with Crippen molar-refractivity contribution < 1.29 is 18.7 Å². The Kier molecular flexibility index (Phi) is 7.82. The molecule has 0 aliphatic carbocycles. The van der Waals surface area contributed by atoms with Crippen molar-refractivity contribution in [3.8, 4) is 5.75 Å². The van der Waals surface area contributed by atoms with Crippen molar-refractivity contribution in [2.45, 2.75) is 45.9 Å². The number of benzene rings is 3. The summed E-state index contributed by atoms with van der Waals surface area (Å²) in [5.74, 6) is 1.51. The minimum atomic E-state index is -0.180. The molecule has 1 aliphatic rings. The molecule has 3 aromatic carbocycles. The van der Waals surface area contributed by atoms with E-state index in [4.69, 9.17) is 9.15 Å². The first-order valence-electron chi connectivity index (χ1n) is 13.4. The lowest BCUT2D eigenvalue weighted by atomic mass is 9.87. The minimum absolute atomic E-state index is 0.142. The van der Waals surface area contributed by atoms with Crippen molar-refractivity contribution in [3.05, 3.63) is 124 Å². The summed E-state index contributed by atoms with van der Waals surface area (Å²) in [6.45, 7) is 5.37. The van der Waals surface area contributed by atoms with E-state index in [2.05, 4.69) is 31.2 Å². The maximum Gasteiger partial charge on any atom is 0.289 e. The zero-order chi connectivity index (χ0) is 27.4. The lowest BCUT2D eigenvalue weighted by Gasteiger charge is -2.38.